The van der Waals surface area contributed by atoms with Crippen molar-refractivity contribution in [2.75, 3.05) is 11.9 Å². The van der Waals surface area contributed by atoms with Gasteiger partial charge in [-0.05, 0) is 43.9 Å². The van der Waals surface area contributed by atoms with Crippen LogP contribution < -0.4 is 10.6 Å². The van der Waals surface area contributed by atoms with Crippen LogP contribution in [0, 0.1) is 5.92 Å². The third kappa shape index (κ3) is 5.80. The van der Waals surface area contributed by atoms with E-state index in [2.05, 4.69) is 10.6 Å². The highest BCUT2D eigenvalue weighted by Crippen LogP contribution is 2.20. The zero-order chi connectivity index (χ0) is 21.3. The zero-order valence-electron chi connectivity index (χ0n) is 17.0. The van der Waals surface area contributed by atoms with Crippen molar-refractivity contribution in [3.63, 3.8) is 0 Å². The molecule has 156 valence electrons. The van der Waals surface area contributed by atoms with Crippen LogP contribution >= 0.6 is 0 Å². The number of carbonyl (C=O) groups is 3. The molecule has 0 aromatic heterocycles. The third-order valence-electron chi connectivity index (χ3n) is 5.04. The van der Waals surface area contributed by atoms with E-state index in [9.17, 15) is 14.4 Å². The molecule has 3 rings (SSSR count). The molecule has 0 fully saturated rings. The summed E-state index contributed by atoms with van der Waals surface area (Å²) in [7, 11) is 0. The number of allylic oxidation sites excluding steroid dienone is 2. The third-order valence-corrected chi connectivity index (χ3v) is 5.04. The van der Waals surface area contributed by atoms with Gasteiger partial charge in [0.25, 0.3) is 11.8 Å². The summed E-state index contributed by atoms with van der Waals surface area (Å²) >= 11 is 0. The first-order chi connectivity index (χ1) is 14.5. The van der Waals surface area contributed by atoms with Crippen LogP contribution in [0.1, 0.15) is 48.1 Å². The fraction of sp³-hybridized carbons (Fsp3) is 0.292. The van der Waals surface area contributed by atoms with E-state index in [0.29, 0.717) is 17.7 Å². The van der Waals surface area contributed by atoms with E-state index in [0.717, 1.165) is 18.4 Å². The first-order valence-electron chi connectivity index (χ1n) is 10.1. The normalized spacial score (nSPS) is 16.4. The molecule has 0 bridgehead atoms. The van der Waals surface area contributed by atoms with E-state index < -0.39 is 5.91 Å². The number of hydrogen-bond acceptors (Lipinski definition) is 4. The summed E-state index contributed by atoms with van der Waals surface area (Å²) in [6.45, 7) is 1.52. The monoisotopic (exact) mass is 406 g/mol. The Labute approximate surface area is 176 Å². The van der Waals surface area contributed by atoms with Crippen molar-refractivity contribution in [3.8, 4) is 0 Å². The van der Waals surface area contributed by atoms with Crippen LogP contribution in [-0.2, 0) is 14.3 Å². The van der Waals surface area contributed by atoms with Gasteiger partial charge >= 0.3 is 5.97 Å². The predicted octanol–water partition coefficient (Wildman–Crippen LogP) is 4.02. The molecule has 0 saturated heterocycles. The maximum Gasteiger partial charge on any atom is 0.309 e. The highest BCUT2D eigenvalue weighted by atomic mass is 16.5. The van der Waals surface area contributed by atoms with Crippen molar-refractivity contribution in [1.29, 1.82) is 0 Å². The molecule has 0 radical (unpaired) electrons. The molecule has 1 aliphatic carbocycles. The number of rotatable bonds is 7. The number of benzene rings is 2. The summed E-state index contributed by atoms with van der Waals surface area (Å²) in [6, 6.07) is 16.2. The number of anilines is 1. The van der Waals surface area contributed by atoms with Crippen molar-refractivity contribution >= 4 is 23.5 Å². The number of carbonyl (C=O) groups excluding carboxylic acids is 3. The molecule has 2 atom stereocenters. The first-order valence-corrected chi connectivity index (χ1v) is 10.1. The maximum absolute atomic E-state index is 12.7. The molecular formula is C24H26N2O4. The SMILES string of the molecule is C[C@@H](NC(=O)c1ccccc1NC(=O)COC(=O)[C@H]1CC=CCC1)c1ccccc1. The van der Waals surface area contributed by atoms with E-state index in [1.807, 2.05) is 49.4 Å². The molecule has 0 saturated carbocycles. The Morgan fingerprint density at radius 2 is 1.77 bits per heavy atom. The number of esters is 1. The highest BCUT2D eigenvalue weighted by Gasteiger charge is 2.21. The lowest BCUT2D eigenvalue weighted by Crippen LogP contribution is -2.29. The Balaban J connectivity index is 1.57. The van der Waals surface area contributed by atoms with Gasteiger partial charge in [-0.25, -0.2) is 0 Å². The van der Waals surface area contributed by atoms with Gasteiger partial charge in [-0.2, -0.15) is 0 Å². The number of amides is 2. The van der Waals surface area contributed by atoms with Gasteiger partial charge in [-0.1, -0.05) is 54.6 Å². The van der Waals surface area contributed by atoms with Crippen molar-refractivity contribution in [1.82, 2.24) is 5.32 Å². The van der Waals surface area contributed by atoms with Crippen LogP contribution in [0.5, 0.6) is 0 Å². The molecular weight excluding hydrogens is 380 g/mol. The van der Waals surface area contributed by atoms with Crippen molar-refractivity contribution in [3.05, 3.63) is 77.9 Å². The average molecular weight is 406 g/mol. The van der Waals surface area contributed by atoms with Gasteiger partial charge in [0.15, 0.2) is 6.61 Å². The Morgan fingerprint density at radius 1 is 1.03 bits per heavy atom. The predicted molar refractivity (Wildman–Crippen MR) is 115 cm³/mol. The van der Waals surface area contributed by atoms with E-state index in [1.54, 1.807) is 24.3 Å². The lowest BCUT2D eigenvalue weighted by Gasteiger charge is -2.17. The Hall–Kier alpha value is -3.41. The molecule has 6 nitrogen and oxygen atoms in total. The summed E-state index contributed by atoms with van der Waals surface area (Å²) in [4.78, 5) is 37.1. The molecule has 0 spiro atoms. The number of hydrogen-bond donors (Lipinski definition) is 2. The lowest BCUT2D eigenvalue weighted by molar-refractivity contribution is -0.151. The number of para-hydroxylation sites is 1. The summed E-state index contributed by atoms with van der Waals surface area (Å²) in [5.41, 5.74) is 1.70. The second-order valence-corrected chi connectivity index (χ2v) is 7.29. The van der Waals surface area contributed by atoms with Gasteiger partial charge in [0.2, 0.25) is 0 Å². The highest BCUT2D eigenvalue weighted by molar-refractivity contribution is 6.04. The molecule has 2 aromatic rings. The fourth-order valence-electron chi connectivity index (χ4n) is 3.34. The minimum Gasteiger partial charge on any atom is -0.455 e. The topological polar surface area (TPSA) is 84.5 Å². The standard InChI is InChI=1S/C24H26N2O4/c1-17(18-10-4-2-5-11-18)25-23(28)20-14-8-9-15-21(20)26-22(27)16-30-24(29)19-12-6-3-7-13-19/h2-6,8-11,14-15,17,19H,7,12-13,16H2,1H3,(H,25,28)(H,26,27)/t17-,19+/m1/s1. The molecule has 2 aromatic carbocycles. The van der Waals surface area contributed by atoms with Gasteiger partial charge in [-0.15, -0.1) is 0 Å². The maximum atomic E-state index is 12.7. The lowest BCUT2D eigenvalue weighted by atomic mass is 9.95. The van der Waals surface area contributed by atoms with Crippen LogP contribution in [0.4, 0.5) is 5.69 Å². The van der Waals surface area contributed by atoms with Crippen LogP contribution in [0.2, 0.25) is 0 Å². The summed E-state index contributed by atoms with van der Waals surface area (Å²) in [6.07, 6.45) is 6.22. The molecule has 1 aliphatic rings. The minimum absolute atomic E-state index is 0.187. The van der Waals surface area contributed by atoms with Gasteiger partial charge in [0, 0.05) is 0 Å². The minimum atomic E-state index is -0.481. The van der Waals surface area contributed by atoms with Gasteiger partial charge in [-0.3, -0.25) is 14.4 Å². The van der Waals surface area contributed by atoms with Crippen LogP contribution in [-0.4, -0.2) is 24.4 Å². The number of nitrogens with one attached hydrogen (secondary N) is 2. The van der Waals surface area contributed by atoms with E-state index in [1.165, 1.54) is 0 Å². The molecule has 2 amide bonds. The van der Waals surface area contributed by atoms with Gasteiger partial charge in [0.05, 0.1) is 23.2 Å². The molecule has 0 unspecified atom stereocenters. The Morgan fingerprint density at radius 3 is 2.50 bits per heavy atom. The van der Waals surface area contributed by atoms with Gasteiger partial charge < -0.3 is 15.4 Å². The van der Waals surface area contributed by atoms with Crippen LogP contribution in [0.15, 0.2) is 66.7 Å². The smallest absolute Gasteiger partial charge is 0.309 e. The average Bonchev–Trinajstić information content (AvgIpc) is 2.79. The van der Waals surface area contributed by atoms with Crippen LogP contribution in [0.3, 0.4) is 0 Å². The summed E-state index contributed by atoms with van der Waals surface area (Å²) in [5.74, 6) is -1.34. The molecule has 0 heterocycles. The van der Waals surface area contributed by atoms with E-state index >= 15 is 0 Å². The molecule has 30 heavy (non-hydrogen) atoms. The number of ether oxygens (including phenoxy) is 1. The van der Waals surface area contributed by atoms with Crippen molar-refractivity contribution < 1.29 is 19.1 Å². The molecule has 2 N–H and O–H groups in total. The van der Waals surface area contributed by atoms with E-state index in [-0.39, 0.29) is 30.4 Å². The van der Waals surface area contributed by atoms with Gasteiger partial charge in [0.1, 0.15) is 0 Å². The second-order valence-electron chi connectivity index (χ2n) is 7.29. The van der Waals surface area contributed by atoms with Crippen molar-refractivity contribution in [2.24, 2.45) is 5.92 Å². The van der Waals surface area contributed by atoms with E-state index in [4.69, 9.17) is 4.74 Å². The van der Waals surface area contributed by atoms with Crippen molar-refractivity contribution in [2.45, 2.75) is 32.2 Å². The Kier molecular flexibility index (Phi) is 7.38. The summed E-state index contributed by atoms with van der Waals surface area (Å²) in [5, 5.41) is 5.61. The summed E-state index contributed by atoms with van der Waals surface area (Å²) < 4.78 is 5.15. The zero-order valence-corrected chi connectivity index (χ0v) is 17.0. The fourth-order valence-corrected chi connectivity index (χ4v) is 3.34. The van der Waals surface area contributed by atoms with Crippen LogP contribution in [0.25, 0.3) is 0 Å². The largest absolute Gasteiger partial charge is 0.455 e. The quantitative estimate of drug-likeness (QED) is 0.537. The second kappa shape index (κ2) is 10.4. The Bertz CT molecular complexity index is 924. The molecule has 6 heteroatoms. The molecule has 0 aliphatic heterocycles. The first kappa shape index (κ1) is 21.3.